The summed E-state index contributed by atoms with van der Waals surface area (Å²) in [5.41, 5.74) is -0.507. The van der Waals surface area contributed by atoms with Gasteiger partial charge in [0.25, 0.3) is 0 Å². The minimum absolute atomic E-state index is 0. The highest BCUT2D eigenvalue weighted by molar-refractivity contribution is 6.32. The maximum Gasteiger partial charge on any atom is 0.198 e. The van der Waals surface area contributed by atoms with Gasteiger partial charge in [-0.1, -0.05) is 12.1 Å². The SMILES string of the molecule is COc1cccc2c(O)c3c(c(O)c12)C(=O)c1ccc(O)cc1C3=O.Cl.Cl.Cl.Cl. The molecule has 0 aromatic heterocycles. The lowest BCUT2D eigenvalue weighted by Gasteiger charge is -2.21. The van der Waals surface area contributed by atoms with Crippen LogP contribution in [0.1, 0.15) is 31.8 Å². The van der Waals surface area contributed by atoms with Gasteiger partial charge < -0.3 is 20.1 Å². The number of carbonyl (C=O) groups excluding carboxylic acids is 2. The Morgan fingerprint density at radius 1 is 0.759 bits per heavy atom. The van der Waals surface area contributed by atoms with Crippen molar-refractivity contribution in [3.8, 4) is 23.0 Å². The van der Waals surface area contributed by atoms with Crippen LogP contribution in [0.5, 0.6) is 23.0 Å². The van der Waals surface area contributed by atoms with Crippen molar-refractivity contribution in [3.05, 3.63) is 58.7 Å². The number of rotatable bonds is 1. The minimum atomic E-state index is -0.641. The molecule has 0 bridgehead atoms. The third-order valence-electron chi connectivity index (χ3n) is 4.41. The number of aromatic hydroxyl groups is 3. The largest absolute Gasteiger partial charge is 0.508 e. The molecule has 1 aliphatic carbocycles. The summed E-state index contributed by atoms with van der Waals surface area (Å²) >= 11 is 0. The molecule has 0 fully saturated rings. The lowest BCUT2D eigenvalue weighted by atomic mass is 9.81. The predicted octanol–water partition coefficient (Wildman–Crippen LogP) is 4.43. The molecular weight excluding hydrogens is 466 g/mol. The lowest BCUT2D eigenvalue weighted by molar-refractivity contribution is 0.0974. The maximum atomic E-state index is 12.8. The Balaban J connectivity index is 0.00000196. The van der Waals surface area contributed by atoms with Crippen molar-refractivity contribution in [1.29, 1.82) is 0 Å². The van der Waals surface area contributed by atoms with Crippen LogP contribution in [0.2, 0.25) is 0 Å². The van der Waals surface area contributed by atoms with E-state index in [1.807, 2.05) is 0 Å². The average Bonchev–Trinajstić information content (AvgIpc) is 2.61. The molecule has 10 heteroatoms. The number of carbonyl (C=O) groups is 2. The van der Waals surface area contributed by atoms with E-state index >= 15 is 0 Å². The molecule has 3 aromatic rings. The summed E-state index contributed by atoms with van der Waals surface area (Å²) in [6.07, 6.45) is 0. The molecule has 0 aliphatic heterocycles. The molecule has 0 atom stereocenters. The van der Waals surface area contributed by atoms with Gasteiger partial charge in [0.05, 0.1) is 23.6 Å². The Bertz CT molecular complexity index is 1110. The predicted molar refractivity (Wildman–Crippen MR) is 118 cm³/mol. The monoisotopic (exact) mass is 480 g/mol. The molecule has 4 rings (SSSR count). The van der Waals surface area contributed by atoms with Gasteiger partial charge in [-0.3, -0.25) is 9.59 Å². The van der Waals surface area contributed by atoms with E-state index in [1.165, 1.54) is 31.4 Å². The summed E-state index contributed by atoms with van der Waals surface area (Å²) < 4.78 is 5.20. The van der Waals surface area contributed by atoms with E-state index in [9.17, 15) is 24.9 Å². The molecule has 0 radical (unpaired) electrons. The Labute approximate surface area is 190 Å². The fourth-order valence-corrected chi connectivity index (χ4v) is 3.27. The summed E-state index contributed by atoms with van der Waals surface area (Å²) in [4.78, 5) is 25.6. The second-order valence-corrected chi connectivity index (χ2v) is 5.72. The highest BCUT2D eigenvalue weighted by atomic mass is 35.5. The van der Waals surface area contributed by atoms with Crippen molar-refractivity contribution >= 4 is 72.0 Å². The topological polar surface area (TPSA) is 104 Å². The van der Waals surface area contributed by atoms with Crippen LogP contribution in [0.15, 0.2) is 36.4 Å². The first kappa shape index (κ1) is 26.6. The van der Waals surface area contributed by atoms with Gasteiger partial charge in [-0.2, -0.15) is 0 Å². The summed E-state index contributed by atoms with van der Waals surface area (Å²) in [6.45, 7) is 0. The molecule has 29 heavy (non-hydrogen) atoms. The molecule has 0 saturated carbocycles. The smallest absolute Gasteiger partial charge is 0.198 e. The van der Waals surface area contributed by atoms with Crippen molar-refractivity contribution in [2.24, 2.45) is 0 Å². The van der Waals surface area contributed by atoms with Gasteiger partial charge in [0.15, 0.2) is 11.6 Å². The van der Waals surface area contributed by atoms with Gasteiger partial charge in [-0.05, 0) is 24.3 Å². The van der Waals surface area contributed by atoms with Crippen LogP contribution in [-0.4, -0.2) is 34.0 Å². The van der Waals surface area contributed by atoms with Crippen molar-refractivity contribution in [2.75, 3.05) is 7.11 Å². The van der Waals surface area contributed by atoms with Gasteiger partial charge in [0.2, 0.25) is 0 Å². The third kappa shape index (κ3) is 3.65. The first-order valence-corrected chi connectivity index (χ1v) is 7.42. The van der Waals surface area contributed by atoms with Gasteiger partial charge in [0, 0.05) is 16.5 Å². The van der Waals surface area contributed by atoms with E-state index in [4.69, 9.17) is 4.74 Å². The maximum absolute atomic E-state index is 12.8. The number of fused-ring (bicyclic) bond motifs is 3. The average molecular weight is 482 g/mol. The molecule has 3 aromatic carbocycles. The molecular formula is C19H16Cl4O6. The summed E-state index contributed by atoms with van der Waals surface area (Å²) in [7, 11) is 1.40. The van der Waals surface area contributed by atoms with Gasteiger partial charge in [-0.25, -0.2) is 0 Å². The lowest BCUT2D eigenvalue weighted by Crippen LogP contribution is -2.21. The van der Waals surface area contributed by atoms with E-state index in [0.717, 1.165) is 0 Å². The second-order valence-electron chi connectivity index (χ2n) is 5.72. The van der Waals surface area contributed by atoms with E-state index in [2.05, 4.69) is 0 Å². The summed E-state index contributed by atoms with van der Waals surface area (Å²) in [5.74, 6) is -1.98. The van der Waals surface area contributed by atoms with Gasteiger partial charge >= 0.3 is 0 Å². The minimum Gasteiger partial charge on any atom is -0.508 e. The van der Waals surface area contributed by atoms with E-state index < -0.39 is 23.1 Å². The molecule has 156 valence electrons. The molecule has 3 N–H and O–H groups in total. The highest BCUT2D eigenvalue weighted by Crippen LogP contribution is 2.47. The Hall–Kier alpha value is -2.38. The van der Waals surface area contributed by atoms with E-state index in [1.54, 1.807) is 12.1 Å². The zero-order valence-corrected chi connectivity index (χ0v) is 17.9. The van der Waals surface area contributed by atoms with Crippen LogP contribution in [0, 0.1) is 0 Å². The van der Waals surface area contributed by atoms with Crippen LogP contribution >= 0.6 is 49.6 Å². The summed E-state index contributed by atoms with van der Waals surface area (Å²) in [5, 5.41) is 31.3. The van der Waals surface area contributed by atoms with E-state index in [0.29, 0.717) is 0 Å². The molecule has 0 heterocycles. The fourth-order valence-electron chi connectivity index (χ4n) is 3.27. The first-order chi connectivity index (χ1) is 12.0. The number of ether oxygens (including phenoxy) is 1. The molecule has 0 amide bonds. The number of phenolic OH excluding ortho intramolecular Hbond substituents is 3. The van der Waals surface area contributed by atoms with Crippen LogP contribution in [-0.2, 0) is 0 Å². The zero-order valence-electron chi connectivity index (χ0n) is 14.7. The van der Waals surface area contributed by atoms with Crippen molar-refractivity contribution in [1.82, 2.24) is 0 Å². The quantitative estimate of drug-likeness (QED) is 0.347. The van der Waals surface area contributed by atoms with Gasteiger partial charge in [0.1, 0.15) is 23.0 Å². The normalized spacial score (nSPS) is 11.1. The molecule has 0 spiro atoms. The summed E-state index contributed by atoms with van der Waals surface area (Å²) in [6, 6.07) is 8.47. The number of methoxy groups -OCH3 is 1. The molecule has 0 unspecified atom stereocenters. The standard InChI is InChI=1S/C19H12O6.4ClH/c1-25-12-4-2-3-10-13(12)19(24)15-14(17(10)22)18(23)11-7-8(20)5-6-9(11)16(15)21;;;;/h2-7,20,22,24H,1H3;4*1H. The highest BCUT2D eigenvalue weighted by Gasteiger charge is 2.36. The second kappa shape index (κ2) is 9.41. The number of hydrogen-bond acceptors (Lipinski definition) is 6. The Morgan fingerprint density at radius 3 is 1.97 bits per heavy atom. The van der Waals surface area contributed by atoms with Crippen LogP contribution in [0.3, 0.4) is 0 Å². The molecule has 0 saturated heterocycles. The van der Waals surface area contributed by atoms with Crippen molar-refractivity contribution in [2.45, 2.75) is 0 Å². The molecule has 6 nitrogen and oxygen atoms in total. The van der Waals surface area contributed by atoms with Gasteiger partial charge in [-0.15, -0.1) is 49.6 Å². The molecule has 1 aliphatic rings. The fraction of sp³-hybridized carbons (Fsp3) is 0.0526. The Kier molecular flexibility index (Phi) is 8.64. The number of halogens is 4. The Morgan fingerprint density at radius 2 is 1.34 bits per heavy atom. The zero-order chi connectivity index (χ0) is 17.9. The van der Waals surface area contributed by atoms with Crippen molar-refractivity contribution in [3.63, 3.8) is 0 Å². The van der Waals surface area contributed by atoms with Crippen LogP contribution in [0.4, 0.5) is 0 Å². The first-order valence-electron chi connectivity index (χ1n) is 7.42. The van der Waals surface area contributed by atoms with Crippen molar-refractivity contribution < 1.29 is 29.6 Å². The number of hydrogen-bond donors (Lipinski definition) is 3. The number of ketones is 2. The van der Waals surface area contributed by atoms with Crippen LogP contribution in [0.25, 0.3) is 10.8 Å². The third-order valence-corrected chi connectivity index (χ3v) is 4.41. The number of benzene rings is 3. The number of phenols is 3. The van der Waals surface area contributed by atoms with Crippen LogP contribution < -0.4 is 4.74 Å². The van der Waals surface area contributed by atoms with E-state index in [-0.39, 0.29) is 94.2 Å².